The summed E-state index contributed by atoms with van der Waals surface area (Å²) in [4.78, 5) is 12.9. The van der Waals surface area contributed by atoms with E-state index in [1.54, 1.807) is 18.4 Å². The van der Waals surface area contributed by atoms with E-state index in [1.165, 1.54) is 0 Å². The van der Waals surface area contributed by atoms with E-state index in [2.05, 4.69) is 5.32 Å². The Kier molecular flexibility index (Phi) is 5.63. The first-order chi connectivity index (χ1) is 10.2. The lowest BCUT2D eigenvalue weighted by atomic mass is 10.3. The standard InChI is InChI=1S/C16H19NO3S/c1-12(20-15-8-4-3-7-14(15)19-2)11-17-16(18)10-13-6-5-9-21-13/h3-9,12H,10-11H2,1-2H3,(H,17,18)/t12-/m1/s1. The lowest BCUT2D eigenvalue weighted by Crippen LogP contribution is -2.34. The van der Waals surface area contributed by atoms with Gasteiger partial charge in [-0.2, -0.15) is 0 Å². The molecule has 0 radical (unpaired) electrons. The Morgan fingerprint density at radius 2 is 2.00 bits per heavy atom. The topological polar surface area (TPSA) is 47.6 Å². The van der Waals surface area contributed by atoms with Crippen LogP contribution in [-0.4, -0.2) is 25.7 Å². The first-order valence-corrected chi connectivity index (χ1v) is 7.65. The summed E-state index contributed by atoms with van der Waals surface area (Å²) in [6.45, 7) is 2.38. The van der Waals surface area contributed by atoms with Crippen molar-refractivity contribution in [2.75, 3.05) is 13.7 Å². The van der Waals surface area contributed by atoms with Crippen molar-refractivity contribution in [1.82, 2.24) is 5.32 Å². The zero-order chi connectivity index (χ0) is 15.1. The minimum Gasteiger partial charge on any atom is -0.493 e. The van der Waals surface area contributed by atoms with Crippen LogP contribution in [0.1, 0.15) is 11.8 Å². The summed E-state index contributed by atoms with van der Waals surface area (Å²) in [5.74, 6) is 1.38. The molecule has 0 aliphatic rings. The van der Waals surface area contributed by atoms with E-state index < -0.39 is 0 Å². The zero-order valence-electron chi connectivity index (χ0n) is 12.2. The first-order valence-electron chi connectivity index (χ1n) is 6.78. The number of carbonyl (C=O) groups excluding carboxylic acids is 1. The average Bonchev–Trinajstić information content (AvgIpc) is 2.98. The summed E-state index contributed by atoms with van der Waals surface area (Å²) in [5.41, 5.74) is 0. The number of para-hydroxylation sites is 2. The number of hydrogen-bond donors (Lipinski definition) is 1. The smallest absolute Gasteiger partial charge is 0.225 e. The maximum atomic E-state index is 11.8. The predicted octanol–water partition coefficient (Wildman–Crippen LogP) is 2.88. The van der Waals surface area contributed by atoms with Crippen molar-refractivity contribution in [2.24, 2.45) is 0 Å². The summed E-state index contributed by atoms with van der Waals surface area (Å²) in [6.07, 6.45) is 0.285. The molecule has 5 heteroatoms. The van der Waals surface area contributed by atoms with Crippen LogP contribution in [0.5, 0.6) is 11.5 Å². The summed E-state index contributed by atoms with van der Waals surface area (Å²) in [7, 11) is 1.61. The number of benzene rings is 1. The van der Waals surface area contributed by atoms with Crippen LogP contribution in [0.3, 0.4) is 0 Å². The largest absolute Gasteiger partial charge is 0.493 e. The number of ether oxygens (including phenoxy) is 2. The molecule has 112 valence electrons. The molecule has 1 N–H and O–H groups in total. The van der Waals surface area contributed by atoms with E-state index >= 15 is 0 Å². The number of nitrogens with one attached hydrogen (secondary N) is 1. The van der Waals surface area contributed by atoms with Crippen molar-refractivity contribution < 1.29 is 14.3 Å². The van der Waals surface area contributed by atoms with Crippen LogP contribution in [-0.2, 0) is 11.2 Å². The molecule has 0 fully saturated rings. The van der Waals surface area contributed by atoms with E-state index in [-0.39, 0.29) is 12.0 Å². The predicted molar refractivity (Wildman–Crippen MR) is 84.1 cm³/mol. The van der Waals surface area contributed by atoms with Crippen LogP contribution < -0.4 is 14.8 Å². The molecule has 2 aromatic rings. The van der Waals surface area contributed by atoms with Crippen LogP contribution in [0.4, 0.5) is 0 Å². The molecule has 1 atom stereocenters. The third kappa shape index (κ3) is 4.79. The highest BCUT2D eigenvalue weighted by Gasteiger charge is 2.10. The first kappa shape index (κ1) is 15.4. The Morgan fingerprint density at radius 1 is 1.24 bits per heavy atom. The Morgan fingerprint density at radius 3 is 2.67 bits per heavy atom. The quantitative estimate of drug-likeness (QED) is 0.855. The number of methoxy groups -OCH3 is 1. The van der Waals surface area contributed by atoms with E-state index in [9.17, 15) is 4.79 Å². The molecule has 1 aromatic heterocycles. The van der Waals surface area contributed by atoms with Crippen molar-refractivity contribution in [3.63, 3.8) is 0 Å². The average molecular weight is 305 g/mol. The van der Waals surface area contributed by atoms with Gasteiger partial charge in [-0.3, -0.25) is 4.79 Å². The van der Waals surface area contributed by atoms with Gasteiger partial charge in [-0.15, -0.1) is 11.3 Å². The van der Waals surface area contributed by atoms with Crippen molar-refractivity contribution in [2.45, 2.75) is 19.4 Å². The van der Waals surface area contributed by atoms with Gasteiger partial charge in [-0.1, -0.05) is 18.2 Å². The molecule has 0 spiro atoms. The number of amides is 1. The molecule has 0 saturated carbocycles. The van der Waals surface area contributed by atoms with E-state index in [1.807, 2.05) is 48.7 Å². The third-order valence-corrected chi connectivity index (χ3v) is 3.78. The molecular formula is C16H19NO3S. The Balaban J connectivity index is 1.79. The molecule has 4 nitrogen and oxygen atoms in total. The summed E-state index contributed by atoms with van der Waals surface area (Å²) < 4.78 is 11.0. The maximum absolute atomic E-state index is 11.8. The second-order valence-corrected chi connectivity index (χ2v) is 5.67. The fourth-order valence-corrected chi connectivity index (χ4v) is 2.57. The number of thiophene rings is 1. The van der Waals surface area contributed by atoms with Crippen LogP contribution >= 0.6 is 11.3 Å². The molecule has 1 heterocycles. The normalized spacial score (nSPS) is 11.7. The van der Waals surface area contributed by atoms with Gasteiger partial charge < -0.3 is 14.8 Å². The highest BCUT2D eigenvalue weighted by molar-refractivity contribution is 7.10. The second kappa shape index (κ2) is 7.69. The lowest BCUT2D eigenvalue weighted by molar-refractivity contribution is -0.120. The van der Waals surface area contributed by atoms with Gasteiger partial charge in [0, 0.05) is 4.88 Å². The molecular weight excluding hydrogens is 286 g/mol. The van der Waals surface area contributed by atoms with E-state index in [0.29, 0.717) is 24.5 Å². The minimum atomic E-state index is -0.131. The molecule has 2 rings (SSSR count). The number of rotatable bonds is 7. The highest BCUT2D eigenvalue weighted by atomic mass is 32.1. The van der Waals surface area contributed by atoms with Gasteiger partial charge >= 0.3 is 0 Å². The van der Waals surface area contributed by atoms with Gasteiger partial charge in [0.05, 0.1) is 20.1 Å². The van der Waals surface area contributed by atoms with Crippen molar-refractivity contribution in [1.29, 1.82) is 0 Å². The van der Waals surface area contributed by atoms with E-state index in [0.717, 1.165) is 4.88 Å². The monoisotopic (exact) mass is 305 g/mol. The fourth-order valence-electron chi connectivity index (χ4n) is 1.87. The Bertz CT molecular complexity index is 569. The summed E-state index contributed by atoms with van der Waals surface area (Å²) in [5, 5.41) is 4.85. The van der Waals surface area contributed by atoms with Gasteiger partial charge in [-0.25, -0.2) is 0 Å². The fraction of sp³-hybridized carbons (Fsp3) is 0.312. The van der Waals surface area contributed by atoms with Gasteiger partial charge in [0.15, 0.2) is 11.5 Å². The van der Waals surface area contributed by atoms with Gasteiger partial charge in [0.1, 0.15) is 6.10 Å². The molecule has 1 aromatic carbocycles. The van der Waals surface area contributed by atoms with Crippen molar-refractivity contribution in [3.05, 3.63) is 46.7 Å². The summed E-state index contributed by atoms with van der Waals surface area (Å²) in [6, 6.07) is 11.4. The number of hydrogen-bond acceptors (Lipinski definition) is 4. The van der Waals surface area contributed by atoms with Gasteiger partial charge in [0.2, 0.25) is 5.91 Å². The molecule has 1 amide bonds. The number of carbonyl (C=O) groups is 1. The molecule has 21 heavy (non-hydrogen) atoms. The van der Waals surface area contributed by atoms with Crippen molar-refractivity contribution >= 4 is 17.2 Å². The molecule has 0 unspecified atom stereocenters. The molecule has 0 bridgehead atoms. The van der Waals surface area contributed by atoms with Crippen LogP contribution in [0.15, 0.2) is 41.8 Å². The third-order valence-electron chi connectivity index (χ3n) is 2.90. The Hall–Kier alpha value is -2.01. The molecule has 0 aliphatic heterocycles. The Labute approximate surface area is 128 Å². The molecule has 0 aliphatic carbocycles. The van der Waals surface area contributed by atoms with Gasteiger partial charge in [0.25, 0.3) is 0 Å². The SMILES string of the molecule is COc1ccccc1O[C@H](C)CNC(=O)Cc1cccs1. The second-order valence-electron chi connectivity index (χ2n) is 4.64. The van der Waals surface area contributed by atoms with Crippen LogP contribution in [0.25, 0.3) is 0 Å². The summed E-state index contributed by atoms with van der Waals surface area (Å²) >= 11 is 1.58. The highest BCUT2D eigenvalue weighted by Crippen LogP contribution is 2.26. The minimum absolute atomic E-state index is 0.00734. The molecule has 0 saturated heterocycles. The zero-order valence-corrected chi connectivity index (χ0v) is 13.0. The van der Waals surface area contributed by atoms with Crippen LogP contribution in [0.2, 0.25) is 0 Å². The van der Waals surface area contributed by atoms with Crippen molar-refractivity contribution in [3.8, 4) is 11.5 Å². The lowest BCUT2D eigenvalue weighted by Gasteiger charge is -2.17. The maximum Gasteiger partial charge on any atom is 0.225 e. The van der Waals surface area contributed by atoms with E-state index in [4.69, 9.17) is 9.47 Å². The van der Waals surface area contributed by atoms with Crippen LogP contribution in [0, 0.1) is 0 Å². The van der Waals surface area contributed by atoms with Gasteiger partial charge in [-0.05, 0) is 30.5 Å².